The van der Waals surface area contributed by atoms with Gasteiger partial charge >= 0.3 is 11.2 Å². The maximum Gasteiger partial charge on any atom is 0.414 e. The number of para-hydroxylation sites is 1. The molecule has 5 aromatic rings. The number of likely N-dealkylation sites (N-methyl/N-ethyl adjacent to an activating group) is 2. The summed E-state index contributed by atoms with van der Waals surface area (Å²) >= 11 is -1.47. The third-order valence-electron chi connectivity index (χ3n) is 8.52. The molecule has 1 aliphatic rings. The van der Waals surface area contributed by atoms with Crippen molar-refractivity contribution in [1.82, 2.24) is 14.5 Å². The molecule has 1 aliphatic heterocycles. The second-order valence-corrected chi connectivity index (χ2v) is 13.9. The first-order valence-corrected chi connectivity index (χ1v) is 17.4. The number of aryl methyl sites for hydroxylation is 1. The lowest BCUT2D eigenvalue weighted by Gasteiger charge is -2.38. The molecule has 0 fully saturated rings. The van der Waals surface area contributed by atoms with E-state index in [9.17, 15) is 19.3 Å². The van der Waals surface area contributed by atoms with Gasteiger partial charge in [-0.1, -0.05) is 42.5 Å². The Balaban J connectivity index is 1.40. The number of anilines is 4. The Morgan fingerprint density at radius 2 is 1.76 bits per heavy atom. The van der Waals surface area contributed by atoms with E-state index in [1.54, 1.807) is 31.3 Å². The predicted octanol–water partition coefficient (Wildman–Crippen LogP) is 5.13. The molecule has 0 aliphatic carbocycles. The van der Waals surface area contributed by atoms with Crippen LogP contribution in [0.2, 0.25) is 0 Å². The zero-order chi connectivity index (χ0) is 34.9. The number of hydrogen-bond acceptors (Lipinski definition) is 9. The number of hydrogen-bond donors (Lipinski definition) is 0. The minimum atomic E-state index is -1.47. The molecule has 1 amide bonds. The Morgan fingerprint density at radius 3 is 2.45 bits per heavy atom. The van der Waals surface area contributed by atoms with E-state index in [0.29, 0.717) is 53.4 Å². The molecule has 2 aromatic heterocycles. The van der Waals surface area contributed by atoms with E-state index in [-0.39, 0.29) is 23.9 Å². The van der Waals surface area contributed by atoms with Gasteiger partial charge in [-0.25, -0.2) is 4.79 Å². The Kier molecular flexibility index (Phi) is 9.61. The molecule has 1 atom stereocenters. The molecule has 3 heterocycles. The normalized spacial score (nSPS) is 13.7. The fourth-order valence-corrected chi connectivity index (χ4v) is 6.31. The van der Waals surface area contributed by atoms with Gasteiger partial charge in [-0.3, -0.25) is 14.3 Å². The zero-order valence-corrected chi connectivity index (χ0v) is 29.0. The van der Waals surface area contributed by atoms with Crippen molar-refractivity contribution in [2.75, 3.05) is 68.3 Å². The summed E-state index contributed by atoms with van der Waals surface area (Å²) < 4.78 is 19.2. The molecule has 12 nitrogen and oxygen atoms in total. The molecule has 49 heavy (non-hydrogen) atoms. The van der Waals surface area contributed by atoms with Crippen LogP contribution in [0.1, 0.15) is 11.1 Å². The van der Waals surface area contributed by atoms with Gasteiger partial charge in [0.05, 0.1) is 44.2 Å². The predicted molar refractivity (Wildman–Crippen MR) is 193 cm³/mol. The van der Waals surface area contributed by atoms with Crippen LogP contribution in [0.15, 0.2) is 95.0 Å². The van der Waals surface area contributed by atoms with Crippen molar-refractivity contribution < 1.29 is 18.7 Å². The van der Waals surface area contributed by atoms with E-state index in [2.05, 4.69) is 9.97 Å². The summed E-state index contributed by atoms with van der Waals surface area (Å²) in [7, 11) is 5.13. The number of fused-ring (bicyclic) bond motifs is 2. The van der Waals surface area contributed by atoms with Gasteiger partial charge in [0.1, 0.15) is 18.6 Å². The van der Waals surface area contributed by atoms with Crippen molar-refractivity contribution in [2.45, 2.75) is 18.7 Å². The van der Waals surface area contributed by atoms with E-state index in [1.807, 2.05) is 96.6 Å². The Hall–Kier alpha value is -4.95. The summed E-state index contributed by atoms with van der Waals surface area (Å²) in [6.07, 6.45) is 2.61. The molecular formula is C36H39N7O5S. The second kappa shape index (κ2) is 13.9. The summed E-state index contributed by atoms with van der Waals surface area (Å²) in [4.78, 5) is 42.4. The molecule has 0 saturated heterocycles. The van der Waals surface area contributed by atoms with Gasteiger partial charge in [0.25, 0.3) is 5.56 Å². The molecule has 3 aromatic carbocycles. The number of ether oxygens (including phenoxy) is 1. The maximum atomic E-state index is 14.6. The minimum Gasteiger partial charge on any atom is -0.633 e. The van der Waals surface area contributed by atoms with Gasteiger partial charge in [-0.05, 0) is 54.4 Å². The molecule has 0 bridgehead atoms. The molecular weight excluding hydrogens is 643 g/mol. The Bertz CT molecular complexity index is 2030. The molecule has 0 radical (unpaired) electrons. The highest BCUT2D eigenvalue weighted by atomic mass is 32.2. The highest BCUT2D eigenvalue weighted by Crippen LogP contribution is 2.40. The van der Waals surface area contributed by atoms with Crippen LogP contribution in [-0.4, -0.2) is 83.4 Å². The molecule has 1 unspecified atom stereocenters. The molecule has 0 saturated carbocycles. The van der Waals surface area contributed by atoms with Crippen LogP contribution in [0, 0.1) is 12.1 Å². The van der Waals surface area contributed by atoms with Gasteiger partial charge in [-0.15, -0.1) is 0 Å². The molecule has 0 spiro atoms. The van der Waals surface area contributed by atoms with Crippen molar-refractivity contribution in [2.24, 2.45) is 0 Å². The number of carbonyl (C=O) groups excluding carboxylic acids is 1. The lowest BCUT2D eigenvalue weighted by Crippen LogP contribution is -2.44. The SMILES string of the molecule is Cc1cccc2c1N(C(=O)OCc1ccccc1)CCN2c1cc2cnc([S+](C)[O-])nc2n(-c2ccc(N(C)CC[N+](C)(C)[O-])cc2)c1=O. The fourth-order valence-electron chi connectivity index (χ4n) is 5.89. The van der Waals surface area contributed by atoms with Gasteiger partial charge in [0.15, 0.2) is 5.65 Å². The van der Waals surface area contributed by atoms with Gasteiger partial charge < -0.3 is 28.9 Å². The first kappa shape index (κ1) is 33.9. The van der Waals surface area contributed by atoms with Crippen LogP contribution >= 0.6 is 0 Å². The number of rotatable bonds is 9. The molecule has 254 valence electrons. The van der Waals surface area contributed by atoms with Crippen LogP contribution in [0.5, 0.6) is 0 Å². The molecule has 0 N–H and O–H groups in total. The van der Waals surface area contributed by atoms with E-state index in [4.69, 9.17) is 4.74 Å². The quantitative estimate of drug-likeness (QED) is 0.0900. The largest absolute Gasteiger partial charge is 0.633 e. The summed E-state index contributed by atoms with van der Waals surface area (Å²) in [6, 6.07) is 24.4. The third kappa shape index (κ3) is 7.25. The number of aromatic nitrogens is 3. The number of hydroxylamine groups is 3. The summed E-state index contributed by atoms with van der Waals surface area (Å²) in [5, 5.41) is 12.8. The van der Waals surface area contributed by atoms with E-state index >= 15 is 0 Å². The number of pyridine rings is 1. The zero-order valence-electron chi connectivity index (χ0n) is 28.2. The fraction of sp³-hybridized carbons (Fsp3) is 0.278. The third-order valence-corrected chi connectivity index (χ3v) is 9.23. The van der Waals surface area contributed by atoms with Crippen LogP contribution in [0.4, 0.5) is 27.5 Å². The van der Waals surface area contributed by atoms with Crippen LogP contribution < -0.4 is 20.3 Å². The highest BCUT2D eigenvalue weighted by Gasteiger charge is 2.32. The lowest BCUT2D eigenvalue weighted by atomic mass is 10.1. The molecule has 6 rings (SSSR count). The van der Waals surface area contributed by atoms with Crippen LogP contribution in [-0.2, 0) is 22.5 Å². The monoisotopic (exact) mass is 681 g/mol. The van der Waals surface area contributed by atoms with E-state index in [1.165, 1.54) is 10.8 Å². The number of amides is 1. The van der Waals surface area contributed by atoms with Crippen molar-refractivity contribution in [3.05, 3.63) is 112 Å². The first-order chi connectivity index (χ1) is 23.4. The summed E-state index contributed by atoms with van der Waals surface area (Å²) in [5.41, 5.74) is 4.92. The van der Waals surface area contributed by atoms with E-state index in [0.717, 1.165) is 16.8 Å². The number of quaternary nitrogens is 1. The average molecular weight is 682 g/mol. The Labute approximate surface area is 288 Å². The lowest BCUT2D eigenvalue weighted by molar-refractivity contribution is -0.838. The number of nitrogens with zero attached hydrogens (tertiary/aromatic N) is 7. The van der Waals surface area contributed by atoms with Gasteiger partial charge in [-0.2, -0.15) is 9.97 Å². The van der Waals surface area contributed by atoms with Crippen molar-refractivity contribution in [3.8, 4) is 5.69 Å². The highest BCUT2D eigenvalue weighted by molar-refractivity contribution is 7.90. The van der Waals surface area contributed by atoms with Crippen LogP contribution in [0.3, 0.4) is 0 Å². The van der Waals surface area contributed by atoms with Crippen molar-refractivity contribution >= 4 is 51.1 Å². The second-order valence-electron chi connectivity index (χ2n) is 12.6. The van der Waals surface area contributed by atoms with Crippen LogP contribution in [0.25, 0.3) is 16.7 Å². The van der Waals surface area contributed by atoms with E-state index < -0.39 is 21.9 Å². The molecule has 13 heteroatoms. The van der Waals surface area contributed by atoms with Gasteiger partial charge in [0.2, 0.25) is 0 Å². The Morgan fingerprint density at radius 1 is 1.02 bits per heavy atom. The number of carbonyl (C=O) groups is 1. The topological polar surface area (TPSA) is 130 Å². The number of benzene rings is 3. The summed E-state index contributed by atoms with van der Waals surface area (Å²) in [6.45, 7) is 3.65. The smallest absolute Gasteiger partial charge is 0.414 e. The first-order valence-electron chi connectivity index (χ1n) is 15.9. The standard InChI is InChI=1S/C36H39N7O5S/c1-25-10-9-13-30-32(25)41(36(45)48-24-26-11-7-6-8-12-26)19-18-40(30)31-22-27-23-37-35(49(5)47)38-33(27)42(34(31)44)29-16-14-28(15-17-29)39(2)20-21-43(3,4)46/h6-17,22-23H,18-21,24H2,1-5H3. The maximum absolute atomic E-state index is 14.6. The summed E-state index contributed by atoms with van der Waals surface area (Å²) in [5.74, 6) is 0. The minimum absolute atomic E-state index is 0.117. The van der Waals surface area contributed by atoms with Crippen molar-refractivity contribution in [3.63, 3.8) is 0 Å². The van der Waals surface area contributed by atoms with Gasteiger partial charge in [0, 0.05) is 48.6 Å². The average Bonchev–Trinajstić information content (AvgIpc) is 3.09. The van der Waals surface area contributed by atoms with Crippen molar-refractivity contribution in [1.29, 1.82) is 0 Å².